The summed E-state index contributed by atoms with van der Waals surface area (Å²) in [7, 11) is 0. The Labute approximate surface area is 188 Å². The predicted octanol–water partition coefficient (Wildman–Crippen LogP) is 8.16. The molecule has 0 radical (unpaired) electrons. The molecule has 0 aromatic heterocycles. The molecule has 0 nitrogen and oxygen atoms in total. The van der Waals surface area contributed by atoms with E-state index in [-0.39, 0.29) is 11.1 Å². The first kappa shape index (κ1) is 22.5. The van der Waals surface area contributed by atoms with Crippen molar-refractivity contribution in [1.82, 2.24) is 0 Å². The highest BCUT2D eigenvalue weighted by atomic mass is 19.4. The Kier molecular flexibility index (Phi) is 6.20. The van der Waals surface area contributed by atoms with Gasteiger partial charge in [-0.15, -0.1) is 0 Å². The van der Waals surface area contributed by atoms with Crippen molar-refractivity contribution in [3.8, 4) is 23.0 Å². The quantitative estimate of drug-likeness (QED) is 0.218. The first-order valence-corrected chi connectivity index (χ1v) is 10.5. The largest absolute Gasteiger partial charge is 0.419 e. The van der Waals surface area contributed by atoms with Gasteiger partial charge < -0.3 is 0 Å². The van der Waals surface area contributed by atoms with Gasteiger partial charge in [0.15, 0.2) is 0 Å². The van der Waals surface area contributed by atoms with Gasteiger partial charge in [-0.3, -0.25) is 0 Å². The van der Waals surface area contributed by atoms with Crippen molar-refractivity contribution in [2.75, 3.05) is 0 Å². The molecule has 0 saturated heterocycles. The summed E-state index contributed by atoms with van der Waals surface area (Å²) in [5.74, 6) is 3.20. The lowest BCUT2D eigenvalue weighted by Crippen LogP contribution is -2.07. The summed E-state index contributed by atoms with van der Waals surface area (Å²) in [6, 6.07) is 19.3. The molecule has 0 fully saturated rings. The van der Waals surface area contributed by atoms with E-state index in [1.807, 2.05) is 24.3 Å². The average molecular weight is 450 g/mol. The van der Waals surface area contributed by atoms with E-state index in [4.69, 9.17) is 0 Å². The summed E-state index contributed by atoms with van der Waals surface area (Å²) in [5, 5.41) is 1.08. The summed E-state index contributed by atoms with van der Waals surface area (Å²) in [5.41, 5.74) is 2.01. The van der Waals surface area contributed by atoms with Crippen LogP contribution in [0.3, 0.4) is 0 Å². The highest BCUT2D eigenvalue weighted by Crippen LogP contribution is 2.31. The fourth-order valence-electron chi connectivity index (χ4n) is 3.68. The van der Waals surface area contributed by atoms with Crippen LogP contribution in [-0.2, 0) is 12.6 Å². The van der Waals surface area contributed by atoms with Crippen molar-refractivity contribution in [3.05, 3.63) is 107 Å². The maximum atomic E-state index is 15.0. The number of halogens is 5. The molecule has 0 N–H and O–H groups in total. The van der Waals surface area contributed by atoms with Crippen LogP contribution in [0.4, 0.5) is 22.0 Å². The standard InChI is InChI=1S/C28H19F5/c1-2-3-18-4-8-20(9-5-18)22-13-14-24-23(17-22)12-11-21(27(24)30)10-6-19-7-15-25(26(29)16-19)28(31,32)33/h4-5,7-9,11-17H,2-3H2,1H3. The number of alkyl halides is 3. The zero-order chi connectivity index (χ0) is 23.6. The third-order valence-electron chi connectivity index (χ3n) is 5.40. The van der Waals surface area contributed by atoms with Gasteiger partial charge >= 0.3 is 6.18 Å². The van der Waals surface area contributed by atoms with E-state index in [1.54, 1.807) is 12.1 Å². The van der Waals surface area contributed by atoms with Gasteiger partial charge in [0.1, 0.15) is 11.6 Å². The molecule has 0 aliphatic heterocycles. The molecule has 166 valence electrons. The van der Waals surface area contributed by atoms with Crippen LogP contribution in [0.1, 0.15) is 35.6 Å². The fraction of sp³-hybridized carbons (Fsp3) is 0.143. The van der Waals surface area contributed by atoms with E-state index in [0.29, 0.717) is 22.9 Å². The molecular formula is C28H19F5. The van der Waals surface area contributed by atoms with Gasteiger partial charge in [-0.25, -0.2) is 8.78 Å². The van der Waals surface area contributed by atoms with Crippen LogP contribution in [0, 0.1) is 23.5 Å². The smallest absolute Gasteiger partial charge is 0.206 e. The SMILES string of the molecule is CCCc1ccc(-c2ccc3c(F)c(C#Cc4ccc(C(F)(F)F)c(F)c4)ccc3c2)cc1. The third-order valence-corrected chi connectivity index (χ3v) is 5.40. The lowest BCUT2D eigenvalue weighted by molar-refractivity contribution is -0.140. The molecule has 4 rings (SSSR count). The first-order valence-electron chi connectivity index (χ1n) is 10.5. The Bertz CT molecular complexity index is 1370. The lowest BCUT2D eigenvalue weighted by Gasteiger charge is -2.08. The van der Waals surface area contributed by atoms with Crippen LogP contribution in [0.5, 0.6) is 0 Å². The fourth-order valence-corrected chi connectivity index (χ4v) is 3.68. The van der Waals surface area contributed by atoms with Gasteiger partial charge in [-0.2, -0.15) is 13.2 Å². The first-order chi connectivity index (χ1) is 15.8. The Morgan fingerprint density at radius 3 is 2.15 bits per heavy atom. The van der Waals surface area contributed by atoms with E-state index in [0.717, 1.165) is 30.0 Å². The number of fused-ring (bicyclic) bond motifs is 1. The van der Waals surface area contributed by atoms with Crippen molar-refractivity contribution in [2.24, 2.45) is 0 Å². The molecule has 5 heteroatoms. The van der Waals surface area contributed by atoms with Crippen molar-refractivity contribution < 1.29 is 22.0 Å². The van der Waals surface area contributed by atoms with E-state index < -0.39 is 23.4 Å². The Morgan fingerprint density at radius 2 is 1.48 bits per heavy atom. The maximum Gasteiger partial charge on any atom is 0.419 e. The third kappa shape index (κ3) is 4.90. The number of rotatable bonds is 3. The highest BCUT2D eigenvalue weighted by Gasteiger charge is 2.33. The molecule has 0 heterocycles. The molecular weight excluding hydrogens is 431 g/mol. The van der Waals surface area contributed by atoms with Gasteiger partial charge in [-0.1, -0.05) is 67.6 Å². The van der Waals surface area contributed by atoms with Crippen molar-refractivity contribution in [2.45, 2.75) is 25.9 Å². The van der Waals surface area contributed by atoms with Crippen LogP contribution < -0.4 is 0 Å². The lowest BCUT2D eigenvalue weighted by atomic mass is 9.98. The highest BCUT2D eigenvalue weighted by molar-refractivity contribution is 5.89. The molecule has 4 aromatic carbocycles. The van der Waals surface area contributed by atoms with Crippen LogP contribution in [-0.4, -0.2) is 0 Å². The minimum atomic E-state index is -4.78. The van der Waals surface area contributed by atoms with E-state index in [2.05, 4.69) is 30.9 Å². The second-order valence-corrected chi connectivity index (χ2v) is 7.75. The zero-order valence-electron chi connectivity index (χ0n) is 17.7. The number of aryl methyl sites for hydroxylation is 1. The van der Waals surface area contributed by atoms with E-state index >= 15 is 4.39 Å². The van der Waals surface area contributed by atoms with Crippen molar-refractivity contribution in [3.63, 3.8) is 0 Å². The number of hydrogen-bond acceptors (Lipinski definition) is 0. The van der Waals surface area contributed by atoms with Crippen LogP contribution >= 0.6 is 0 Å². The Morgan fingerprint density at radius 1 is 0.758 bits per heavy atom. The molecule has 33 heavy (non-hydrogen) atoms. The van der Waals surface area contributed by atoms with Crippen LogP contribution in [0.25, 0.3) is 21.9 Å². The van der Waals surface area contributed by atoms with Crippen molar-refractivity contribution >= 4 is 10.8 Å². The Balaban J connectivity index is 1.63. The molecule has 0 unspecified atom stereocenters. The Hall–Kier alpha value is -3.65. The zero-order valence-corrected chi connectivity index (χ0v) is 17.7. The molecule has 0 bridgehead atoms. The number of benzene rings is 4. The summed E-state index contributed by atoms with van der Waals surface area (Å²) in [6.45, 7) is 2.13. The van der Waals surface area contributed by atoms with Gasteiger partial charge in [0.2, 0.25) is 0 Å². The molecule has 0 aliphatic rings. The second-order valence-electron chi connectivity index (χ2n) is 7.75. The maximum absolute atomic E-state index is 15.0. The minimum Gasteiger partial charge on any atom is -0.206 e. The second kappa shape index (κ2) is 9.07. The van der Waals surface area contributed by atoms with Gasteiger partial charge in [-0.05, 0) is 58.8 Å². The predicted molar refractivity (Wildman–Crippen MR) is 121 cm³/mol. The van der Waals surface area contributed by atoms with Gasteiger partial charge in [0.05, 0.1) is 11.1 Å². The van der Waals surface area contributed by atoms with Crippen LogP contribution in [0.15, 0.2) is 72.8 Å². The summed E-state index contributed by atoms with van der Waals surface area (Å²) < 4.78 is 66.8. The van der Waals surface area contributed by atoms with Gasteiger partial charge in [0, 0.05) is 10.9 Å². The summed E-state index contributed by atoms with van der Waals surface area (Å²) in [6.07, 6.45) is -2.68. The van der Waals surface area contributed by atoms with Crippen molar-refractivity contribution in [1.29, 1.82) is 0 Å². The number of hydrogen-bond donors (Lipinski definition) is 0. The minimum absolute atomic E-state index is 0.0295. The summed E-state index contributed by atoms with van der Waals surface area (Å²) in [4.78, 5) is 0. The molecule has 0 aliphatic carbocycles. The molecule has 0 atom stereocenters. The summed E-state index contributed by atoms with van der Waals surface area (Å²) >= 11 is 0. The molecule has 4 aromatic rings. The molecule has 0 spiro atoms. The topological polar surface area (TPSA) is 0 Å². The van der Waals surface area contributed by atoms with Gasteiger partial charge in [0.25, 0.3) is 0 Å². The molecule has 0 saturated carbocycles. The normalized spacial score (nSPS) is 11.3. The molecule has 0 amide bonds. The van der Waals surface area contributed by atoms with E-state index in [1.165, 1.54) is 11.6 Å². The van der Waals surface area contributed by atoms with E-state index in [9.17, 15) is 17.6 Å². The average Bonchev–Trinajstić information content (AvgIpc) is 2.78. The van der Waals surface area contributed by atoms with Crippen LogP contribution in [0.2, 0.25) is 0 Å². The monoisotopic (exact) mass is 450 g/mol.